The van der Waals surface area contributed by atoms with Crippen molar-refractivity contribution in [1.82, 2.24) is 24.7 Å². The summed E-state index contributed by atoms with van der Waals surface area (Å²) < 4.78 is 28.9. The second kappa shape index (κ2) is 5.35. The molecular formula is C11H18N6O2S. The maximum Gasteiger partial charge on any atom is 0.244 e. The summed E-state index contributed by atoms with van der Waals surface area (Å²) >= 11 is 0. The molecule has 0 saturated heterocycles. The van der Waals surface area contributed by atoms with E-state index in [2.05, 4.69) is 20.0 Å². The van der Waals surface area contributed by atoms with Gasteiger partial charge in [-0.3, -0.25) is 9.78 Å². The first-order chi connectivity index (χ1) is 9.35. The lowest BCUT2D eigenvalue weighted by Gasteiger charge is -2.06. The van der Waals surface area contributed by atoms with Gasteiger partial charge in [0.2, 0.25) is 10.0 Å². The van der Waals surface area contributed by atoms with Crippen molar-refractivity contribution < 1.29 is 8.42 Å². The van der Waals surface area contributed by atoms with Crippen LogP contribution in [0.2, 0.25) is 0 Å². The van der Waals surface area contributed by atoms with Crippen LogP contribution in [0.15, 0.2) is 11.1 Å². The number of hydrogen-bond acceptors (Lipinski definition) is 5. The fraction of sp³-hybridized carbons (Fsp3) is 0.455. The van der Waals surface area contributed by atoms with Gasteiger partial charge in [-0.2, -0.15) is 10.2 Å². The molecule has 0 spiro atoms. The number of aromatic nitrogens is 4. The van der Waals surface area contributed by atoms with E-state index in [0.717, 1.165) is 11.3 Å². The number of H-pyrrole nitrogens is 1. The van der Waals surface area contributed by atoms with Gasteiger partial charge in [0.1, 0.15) is 4.90 Å². The zero-order chi connectivity index (χ0) is 14.9. The Kier molecular flexibility index (Phi) is 3.93. The van der Waals surface area contributed by atoms with Gasteiger partial charge in [-0.25, -0.2) is 13.1 Å². The smallest absolute Gasteiger partial charge is 0.244 e. The number of aromatic amines is 1. The molecule has 0 aliphatic heterocycles. The Bertz CT molecular complexity index is 715. The number of nitrogens with zero attached hydrogens (tertiary/aromatic N) is 3. The van der Waals surface area contributed by atoms with Crippen LogP contribution < -0.4 is 10.5 Å². The average Bonchev–Trinajstić information content (AvgIpc) is 2.90. The van der Waals surface area contributed by atoms with Gasteiger partial charge in [0.15, 0.2) is 0 Å². The molecule has 0 amide bonds. The van der Waals surface area contributed by atoms with Crippen molar-refractivity contribution in [3.63, 3.8) is 0 Å². The number of aryl methyl sites for hydroxylation is 3. The van der Waals surface area contributed by atoms with Crippen LogP contribution in [0, 0.1) is 13.8 Å². The van der Waals surface area contributed by atoms with Crippen molar-refractivity contribution in [2.75, 3.05) is 0 Å². The minimum Gasteiger partial charge on any atom is -0.325 e. The lowest BCUT2D eigenvalue weighted by Crippen LogP contribution is -2.25. The second-order valence-electron chi connectivity index (χ2n) is 4.57. The molecule has 0 unspecified atom stereocenters. The number of sulfonamides is 1. The molecule has 0 radical (unpaired) electrons. The lowest BCUT2D eigenvalue weighted by molar-refractivity contribution is 0.579. The van der Waals surface area contributed by atoms with Crippen molar-refractivity contribution in [1.29, 1.82) is 0 Å². The van der Waals surface area contributed by atoms with E-state index >= 15 is 0 Å². The lowest BCUT2D eigenvalue weighted by atomic mass is 10.3. The molecule has 0 saturated carbocycles. The Hall–Kier alpha value is -1.71. The summed E-state index contributed by atoms with van der Waals surface area (Å²) in [7, 11) is -1.87. The summed E-state index contributed by atoms with van der Waals surface area (Å²) in [6, 6.07) is 0. The van der Waals surface area contributed by atoms with E-state index in [0.29, 0.717) is 11.4 Å². The van der Waals surface area contributed by atoms with Crippen LogP contribution in [0.4, 0.5) is 0 Å². The highest BCUT2D eigenvalue weighted by atomic mass is 32.2. The van der Waals surface area contributed by atoms with Gasteiger partial charge >= 0.3 is 0 Å². The third-order valence-corrected chi connectivity index (χ3v) is 4.59. The highest BCUT2D eigenvalue weighted by Crippen LogP contribution is 2.17. The second-order valence-corrected chi connectivity index (χ2v) is 6.27. The molecule has 4 N–H and O–H groups in total. The number of hydrogen-bond donors (Lipinski definition) is 3. The summed E-state index contributed by atoms with van der Waals surface area (Å²) in [5, 5.41) is 10.7. The van der Waals surface area contributed by atoms with Crippen molar-refractivity contribution in [3.05, 3.63) is 28.8 Å². The van der Waals surface area contributed by atoms with E-state index in [9.17, 15) is 8.42 Å². The van der Waals surface area contributed by atoms with Crippen LogP contribution in [-0.2, 0) is 30.2 Å². The Labute approximate surface area is 117 Å². The summed E-state index contributed by atoms with van der Waals surface area (Å²) in [6.45, 7) is 3.72. The topological polar surface area (TPSA) is 119 Å². The maximum atomic E-state index is 12.3. The normalized spacial score (nSPS) is 12.0. The van der Waals surface area contributed by atoms with Crippen LogP contribution in [0.3, 0.4) is 0 Å². The minimum absolute atomic E-state index is 0.0620. The molecule has 0 aliphatic rings. The Balaban J connectivity index is 2.23. The van der Waals surface area contributed by atoms with Gasteiger partial charge in [-0.15, -0.1) is 0 Å². The standard InChI is InChI=1S/C11H18N6O2S/c1-7-9(6-17(3)16-7)5-13-20(18,19)11-8(2)14-15-10(11)4-12/h6,13H,4-5,12H2,1-3H3,(H,14,15). The number of rotatable bonds is 5. The average molecular weight is 298 g/mol. The molecule has 0 atom stereocenters. The molecule has 2 heterocycles. The Morgan fingerprint density at radius 1 is 1.45 bits per heavy atom. The summed E-state index contributed by atoms with van der Waals surface area (Å²) in [5.41, 5.74) is 7.93. The van der Waals surface area contributed by atoms with Crippen LogP contribution in [0.5, 0.6) is 0 Å². The third-order valence-electron chi connectivity index (χ3n) is 2.99. The number of nitrogens with one attached hydrogen (secondary N) is 2. The van der Waals surface area contributed by atoms with Gasteiger partial charge in [0.25, 0.3) is 0 Å². The molecular weight excluding hydrogens is 280 g/mol. The Morgan fingerprint density at radius 3 is 2.70 bits per heavy atom. The molecule has 0 aliphatic carbocycles. The zero-order valence-electron chi connectivity index (χ0n) is 11.6. The highest BCUT2D eigenvalue weighted by molar-refractivity contribution is 7.89. The fourth-order valence-electron chi connectivity index (χ4n) is 2.03. The molecule has 2 aromatic rings. The van der Waals surface area contributed by atoms with E-state index in [1.165, 1.54) is 0 Å². The third kappa shape index (κ3) is 2.74. The predicted octanol–water partition coefficient (Wildman–Crippen LogP) is -0.303. The molecule has 2 aromatic heterocycles. The molecule has 8 nitrogen and oxygen atoms in total. The van der Waals surface area contributed by atoms with E-state index < -0.39 is 10.0 Å². The number of nitrogens with two attached hydrogens (primary N) is 1. The van der Waals surface area contributed by atoms with E-state index in [-0.39, 0.29) is 18.0 Å². The van der Waals surface area contributed by atoms with Crippen LogP contribution in [0.1, 0.15) is 22.6 Å². The summed E-state index contributed by atoms with van der Waals surface area (Å²) in [4.78, 5) is 0.126. The van der Waals surface area contributed by atoms with Crippen LogP contribution in [0.25, 0.3) is 0 Å². The van der Waals surface area contributed by atoms with Crippen LogP contribution in [-0.4, -0.2) is 28.4 Å². The quantitative estimate of drug-likeness (QED) is 0.700. The van der Waals surface area contributed by atoms with Gasteiger partial charge in [-0.1, -0.05) is 0 Å². The molecule has 2 rings (SSSR count). The van der Waals surface area contributed by atoms with E-state index in [1.807, 2.05) is 6.92 Å². The first-order valence-corrected chi connectivity index (χ1v) is 7.56. The molecule has 20 heavy (non-hydrogen) atoms. The van der Waals surface area contributed by atoms with Gasteiger partial charge < -0.3 is 5.73 Å². The first kappa shape index (κ1) is 14.7. The predicted molar refractivity (Wildman–Crippen MR) is 73.2 cm³/mol. The first-order valence-electron chi connectivity index (χ1n) is 6.08. The van der Waals surface area contributed by atoms with Crippen molar-refractivity contribution >= 4 is 10.0 Å². The molecule has 110 valence electrons. The van der Waals surface area contributed by atoms with Crippen molar-refractivity contribution in [3.8, 4) is 0 Å². The molecule has 0 bridgehead atoms. The Morgan fingerprint density at radius 2 is 2.15 bits per heavy atom. The van der Waals surface area contributed by atoms with Gasteiger partial charge in [-0.05, 0) is 13.8 Å². The summed E-state index contributed by atoms with van der Waals surface area (Å²) in [6.07, 6.45) is 1.78. The maximum absolute atomic E-state index is 12.3. The highest BCUT2D eigenvalue weighted by Gasteiger charge is 2.23. The minimum atomic E-state index is -3.66. The van der Waals surface area contributed by atoms with Gasteiger partial charge in [0.05, 0.1) is 17.1 Å². The molecule has 0 aromatic carbocycles. The van der Waals surface area contributed by atoms with E-state index in [1.54, 1.807) is 24.9 Å². The zero-order valence-corrected chi connectivity index (χ0v) is 12.5. The van der Waals surface area contributed by atoms with E-state index in [4.69, 9.17) is 5.73 Å². The largest absolute Gasteiger partial charge is 0.325 e. The summed E-state index contributed by atoms with van der Waals surface area (Å²) in [5.74, 6) is 0. The molecule has 0 fully saturated rings. The van der Waals surface area contributed by atoms with Crippen molar-refractivity contribution in [2.24, 2.45) is 12.8 Å². The van der Waals surface area contributed by atoms with Crippen LogP contribution >= 0.6 is 0 Å². The fourth-order valence-corrected chi connectivity index (χ4v) is 3.41. The van der Waals surface area contributed by atoms with Crippen molar-refractivity contribution in [2.45, 2.75) is 31.8 Å². The SMILES string of the molecule is Cc1nn(C)cc1CNS(=O)(=O)c1c(CN)n[nH]c1C. The monoisotopic (exact) mass is 298 g/mol. The molecule has 9 heteroatoms. The van der Waals surface area contributed by atoms with Gasteiger partial charge in [0, 0.05) is 31.9 Å².